The Kier molecular flexibility index (Phi) is 24.4. The van der Waals surface area contributed by atoms with Crippen molar-refractivity contribution in [1.29, 1.82) is 0 Å². The Balaban J connectivity index is -0.000000163. The number of carbonyl (C=O) groups is 5. The Labute approximate surface area is 170 Å². The summed E-state index contributed by atoms with van der Waals surface area (Å²) in [7, 11) is 0. The number of aliphatic hydroxyl groups is 6. The van der Waals surface area contributed by atoms with Gasteiger partial charge in [0.2, 0.25) is 0 Å². The van der Waals surface area contributed by atoms with Gasteiger partial charge in [0.25, 0.3) is 5.97 Å². The second-order valence-corrected chi connectivity index (χ2v) is 5.18. The van der Waals surface area contributed by atoms with Gasteiger partial charge in [0.1, 0.15) is 30.5 Å². The van der Waals surface area contributed by atoms with Gasteiger partial charge in [0.15, 0.2) is 6.29 Å². The molecule has 0 heterocycles. The maximum Gasteiger partial charge on any atom is 0.332 e. The first-order valence-electron chi connectivity index (χ1n) is 7.87. The molecule has 0 aromatic carbocycles. The molecular formula is C15H28O15. The lowest BCUT2D eigenvalue weighted by Gasteiger charge is -2.22. The topological polar surface area (TPSA) is 288 Å². The van der Waals surface area contributed by atoms with Crippen molar-refractivity contribution in [3.8, 4) is 0 Å². The fourth-order valence-electron chi connectivity index (χ4n) is 0.832. The first-order chi connectivity index (χ1) is 13.5. The number of aliphatic carboxylic acids is 4. The molecule has 0 aliphatic carbocycles. The van der Waals surface area contributed by atoms with Gasteiger partial charge in [-0.1, -0.05) is 0 Å². The van der Waals surface area contributed by atoms with Crippen molar-refractivity contribution >= 4 is 30.2 Å². The van der Waals surface area contributed by atoms with Gasteiger partial charge in [-0.3, -0.25) is 14.4 Å². The van der Waals surface area contributed by atoms with E-state index >= 15 is 0 Å². The predicted molar refractivity (Wildman–Crippen MR) is 94.3 cm³/mol. The SMILES string of the molecule is CC(=O)O.CC(O)C(=O)O.O=C(O)CCC(=O)O.O=C[C@H](O)[C@@H](O)[C@H](O)[C@H](O)CO. The van der Waals surface area contributed by atoms with E-state index in [4.69, 9.17) is 55.9 Å². The van der Waals surface area contributed by atoms with Crippen LogP contribution in [-0.4, -0.2) is 118 Å². The highest BCUT2D eigenvalue weighted by Crippen LogP contribution is 2.02. The monoisotopic (exact) mass is 448 g/mol. The summed E-state index contributed by atoms with van der Waals surface area (Å²) < 4.78 is 0. The molecule has 0 saturated carbocycles. The fraction of sp³-hybridized carbons (Fsp3) is 0.667. The molecule has 0 aliphatic rings. The highest BCUT2D eigenvalue weighted by molar-refractivity contribution is 5.75. The summed E-state index contributed by atoms with van der Waals surface area (Å²) >= 11 is 0. The lowest BCUT2D eigenvalue weighted by Crippen LogP contribution is -2.46. The lowest BCUT2D eigenvalue weighted by molar-refractivity contribution is -0.145. The van der Waals surface area contributed by atoms with Crippen molar-refractivity contribution in [3.63, 3.8) is 0 Å². The van der Waals surface area contributed by atoms with Crippen LogP contribution in [0, 0.1) is 0 Å². The lowest BCUT2D eigenvalue weighted by atomic mass is 10.0. The standard InChI is InChI=1S/C6H12O6.C4H6O4.C3H6O3.C2H4O2/c7-1-3(9)5(11)6(12)4(10)2-8;5-3(6)1-2-4(7)8;1-2(4)3(5)6;1-2(3)4/h1,3-6,8-12H,2H2;1-2H2,(H,5,6)(H,7,8);2,4H,1H3,(H,5,6);1H3,(H,3,4)/t3-,4+,5+,6+;;;/m0.../s1. The molecule has 0 saturated heterocycles. The largest absolute Gasteiger partial charge is 0.481 e. The first kappa shape index (κ1) is 34.8. The van der Waals surface area contributed by atoms with Crippen molar-refractivity contribution in [3.05, 3.63) is 0 Å². The Bertz CT molecular complexity index is 486. The third kappa shape index (κ3) is 30.1. The van der Waals surface area contributed by atoms with Crippen LogP contribution in [0.4, 0.5) is 0 Å². The Morgan fingerprint density at radius 1 is 0.800 bits per heavy atom. The minimum absolute atomic E-state index is 0.0258. The van der Waals surface area contributed by atoms with Gasteiger partial charge in [0.05, 0.1) is 19.4 Å². The van der Waals surface area contributed by atoms with Crippen LogP contribution in [0.15, 0.2) is 0 Å². The Morgan fingerprint density at radius 2 is 1.10 bits per heavy atom. The smallest absolute Gasteiger partial charge is 0.332 e. The highest BCUT2D eigenvalue weighted by atomic mass is 16.4. The van der Waals surface area contributed by atoms with Crippen molar-refractivity contribution in [2.45, 2.75) is 57.2 Å². The molecule has 0 radical (unpaired) electrons. The summed E-state index contributed by atoms with van der Waals surface area (Å²) in [5.41, 5.74) is 0. The number of hydrogen-bond donors (Lipinski definition) is 10. The van der Waals surface area contributed by atoms with Gasteiger partial charge in [-0.05, 0) is 6.92 Å². The summed E-state index contributed by atoms with van der Waals surface area (Å²) in [5.74, 6) is -4.17. The van der Waals surface area contributed by atoms with E-state index in [9.17, 15) is 19.2 Å². The Morgan fingerprint density at radius 3 is 1.27 bits per heavy atom. The molecule has 0 amide bonds. The molecule has 0 bridgehead atoms. The van der Waals surface area contributed by atoms with E-state index in [1.165, 1.54) is 6.92 Å². The number of carboxylic acids is 4. The zero-order chi connectivity index (χ0) is 25.0. The number of aldehydes is 1. The summed E-state index contributed by atoms with van der Waals surface area (Å²) in [6.45, 7) is 1.52. The van der Waals surface area contributed by atoms with Gasteiger partial charge in [-0.25, -0.2) is 4.79 Å². The van der Waals surface area contributed by atoms with E-state index in [1.54, 1.807) is 0 Å². The molecule has 5 atom stereocenters. The zero-order valence-electron chi connectivity index (χ0n) is 16.1. The van der Waals surface area contributed by atoms with Crippen LogP contribution >= 0.6 is 0 Å². The maximum atomic E-state index is 9.90. The van der Waals surface area contributed by atoms with Gasteiger partial charge >= 0.3 is 17.9 Å². The van der Waals surface area contributed by atoms with Crippen molar-refractivity contribution in [2.75, 3.05) is 6.61 Å². The van der Waals surface area contributed by atoms with Crippen molar-refractivity contribution in [1.82, 2.24) is 0 Å². The average Bonchev–Trinajstić information content (AvgIpc) is 2.64. The summed E-state index contributed by atoms with van der Waals surface area (Å²) in [5, 5.41) is 82.5. The molecule has 0 aromatic rings. The number of hydrogen-bond acceptors (Lipinski definition) is 11. The summed E-state index contributed by atoms with van der Waals surface area (Å²) in [6, 6.07) is 0. The molecule has 0 fully saturated rings. The molecule has 10 N–H and O–H groups in total. The molecule has 178 valence electrons. The van der Waals surface area contributed by atoms with E-state index in [1.807, 2.05) is 0 Å². The number of aliphatic hydroxyl groups excluding tert-OH is 6. The minimum atomic E-state index is -1.79. The Hall–Kier alpha value is -2.69. The van der Waals surface area contributed by atoms with E-state index in [0.29, 0.717) is 0 Å². The van der Waals surface area contributed by atoms with E-state index < -0.39 is 61.0 Å². The third-order valence-electron chi connectivity index (χ3n) is 2.33. The number of carbonyl (C=O) groups excluding carboxylic acids is 1. The number of carboxylic acid groups (broad SMARTS) is 4. The molecule has 0 aromatic heterocycles. The van der Waals surface area contributed by atoms with Gasteiger partial charge in [0, 0.05) is 6.92 Å². The van der Waals surface area contributed by atoms with Crippen molar-refractivity contribution < 1.29 is 75.0 Å². The maximum absolute atomic E-state index is 9.90. The van der Waals surface area contributed by atoms with Crippen LogP contribution in [0.5, 0.6) is 0 Å². The fourth-order valence-corrected chi connectivity index (χ4v) is 0.832. The normalized spacial score (nSPS) is 14.3. The molecule has 1 unspecified atom stereocenters. The second-order valence-electron chi connectivity index (χ2n) is 5.18. The number of rotatable bonds is 9. The third-order valence-corrected chi connectivity index (χ3v) is 2.33. The van der Waals surface area contributed by atoms with Crippen LogP contribution < -0.4 is 0 Å². The second kappa shape index (κ2) is 21.0. The molecule has 0 aliphatic heterocycles. The van der Waals surface area contributed by atoms with Gasteiger partial charge < -0.3 is 55.9 Å². The summed E-state index contributed by atoms with van der Waals surface area (Å²) in [4.78, 5) is 47.6. The van der Waals surface area contributed by atoms with Crippen LogP contribution in [0.2, 0.25) is 0 Å². The molecule has 15 nitrogen and oxygen atoms in total. The minimum Gasteiger partial charge on any atom is -0.481 e. The highest BCUT2D eigenvalue weighted by Gasteiger charge is 2.29. The van der Waals surface area contributed by atoms with E-state index in [-0.39, 0.29) is 19.1 Å². The van der Waals surface area contributed by atoms with Crippen molar-refractivity contribution in [2.24, 2.45) is 0 Å². The first-order valence-corrected chi connectivity index (χ1v) is 7.87. The predicted octanol–water partition coefficient (Wildman–Crippen LogP) is -3.90. The molecule has 0 rings (SSSR count). The van der Waals surface area contributed by atoms with Gasteiger partial charge in [-0.2, -0.15) is 0 Å². The van der Waals surface area contributed by atoms with E-state index in [0.717, 1.165) is 6.92 Å². The average molecular weight is 448 g/mol. The quantitative estimate of drug-likeness (QED) is 0.151. The molecule has 30 heavy (non-hydrogen) atoms. The zero-order valence-corrected chi connectivity index (χ0v) is 16.1. The van der Waals surface area contributed by atoms with E-state index in [2.05, 4.69) is 0 Å². The summed E-state index contributed by atoms with van der Waals surface area (Å²) in [6.07, 6.45) is -8.66. The molecule has 15 heteroatoms. The van der Waals surface area contributed by atoms with Gasteiger partial charge in [-0.15, -0.1) is 0 Å². The van der Waals surface area contributed by atoms with Crippen LogP contribution in [0.1, 0.15) is 26.7 Å². The van der Waals surface area contributed by atoms with Crippen LogP contribution in [0.3, 0.4) is 0 Å². The molecular weight excluding hydrogens is 420 g/mol. The molecule has 0 spiro atoms. The van der Waals surface area contributed by atoms with Crippen LogP contribution in [-0.2, 0) is 24.0 Å². The van der Waals surface area contributed by atoms with Crippen LogP contribution in [0.25, 0.3) is 0 Å².